The van der Waals surface area contributed by atoms with Crippen molar-refractivity contribution >= 4 is 6.08 Å². The Morgan fingerprint density at radius 2 is 1.94 bits per heavy atom. The molecule has 2 rings (SSSR count). The smallest absolute Gasteiger partial charge is 0.122 e. The maximum absolute atomic E-state index is 9.61. The van der Waals surface area contributed by atoms with E-state index < -0.39 is 6.04 Å². The fraction of sp³-hybridized carbons (Fsp3) is 0.0769. The maximum atomic E-state index is 9.61. The zero-order valence-electron chi connectivity index (χ0n) is 8.67. The number of hydrogen-bond donors (Lipinski definition) is 3. The molecule has 82 valence electrons. The Bertz CT molecular complexity index is 486. The number of allylic oxidation sites excluding steroid dienone is 2. The van der Waals surface area contributed by atoms with Crippen molar-refractivity contribution in [1.29, 1.82) is 0 Å². The third kappa shape index (κ3) is 1.99. The van der Waals surface area contributed by atoms with E-state index in [4.69, 9.17) is 5.73 Å². The second-order valence-corrected chi connectivity index (χ2v) is 3.63. The zero-order chi connectivity index (χ0) is 11.5. The lowest BCUT2D eigenvalue weighted by atomic mass is 9.98. The van der Waals surface area contributed by atoms with Crippen molar-refractivity contribution in [3.05, 3.63) is 59.4 Å². The van der Waals surface area contributed by atoms with Gasteiger partial charge in [0.2, 0.25) is 0 Å². The van der Waals surface area contributed by atoms with E-state index in [0.717, 1.165) is 5.57 Å². The van der Waals surface area contributed by atoms with Gasteiger partial charge in [-0.05, 0) is 23.8 Å². The minimum absolute atomic E-state index is 0.129. The maximum Gasteiger partial charge on any atom is 0.122 e. The number of nitrogens with two attached hydrogens (primary N) is 1. The van der Waals surface area contributed by atoms with E-state index in [0.29, 0.717) is 5.56 Å². The van der Waals surface area contributed by atoms with Crippen LogP contribution in [0.5, 0.6) is 5.75 Å². The highest BCUT2D eigenvalue weighted by Gasteiger charge is 2.14. The molecule has 1 aromatic carbocycles. The summed E-state index contributed by atoms with van der Waals surface area (Å²) in [6.45, 7) is 0. The van der Waals surface area contributed by atoms with Gasteiger partial charge in [-0.25, -0.2) is 0 Å². The summed E-state index contributed by atoms with van der Waals surface area (Å²) in [5.41, 5.74) is 7.25. The molecule has 0 saturated heterocycles. The highest BCUT2D eigenvalue weighted by molar-refractivity contribution is 5.64. The Morgan fingerprint density at radius 1 is 1.19 bits per heavy atom. The summed E-state index contributed by atoms with van der Waals surface area (Å²) in [7, 11) is 0. The molecule has 1 aromatic rings. The summed E-state index contributed by atoms with van der Waals surface area (Å²) in [6, 6.07) is 6.47. The van der Waals surface area contributed by atoms with E-state index >= 15 is 0 Å². The summed E-state index contributed by atoms with van der Waals surface area (Å²) in [6.07, 6.45) is 6.87. The Morgan fingerprint density at radius 3 is 2.69 bits per heavy atom. The summed E-state index contributed by atoms with van der Waals surface area (Å²) < 4.78 is 0. The minimum Gasteiger partial charge on any atom is -0.510 e. The fourth-order valence-corrected chi connectivity index (χ4v) is 1.56. The van der Waals surface area contributed by atoms with Gasteiger partial charge in [-0.3, -0.25) is 0 Å². The van der Waals surface area contributed by atoms with Crippen molar-refractivity contribution in [3.8, 4) is 5.75 Å². The molecule has 0 spiro atoms. The molecule has 0 aromatic heterocycles. The Kier molecular flexibility index (Phi) is 2.79. The molecule has 1 atom stereocenters. The van der Waals surface area contributed by atoms with Crippen LogP contribution >= 0.6 is 0 Å². The van der Waals surface area contributed by atoms with Crippen molar-refractivity contribution < 1.29 is 10.2 Å². The lowest BCUT2D eigenvalue weighted by Gasteiger charge is -2.15. The number of phenols is 1. The van der Waals surface area contributed by atoms with Gasteiger partial charge < -0.3 is 15.9 Å². The molecule has 1 aliphatic rings. The summed E-state index contributed by atoms with van der Waals surface area (Å²) in [5, 5.41) is 19.1. The van der Waals surface area contributed by atoms with Crippen molar-refractivity contribution in [1.82, 2.24) is 0 Å². The molecule has 0 bridgehead atoms. The predicted octanol–water partition coefficient (Wildman–Crippen LogP) is 2.11. The molecule has 3 nitrogen and oxygen atoms in total. The highest BCUT2D eigenvalue weighted by Crippen LogP contribution is 2.23. The normalized spacial score (nSPS) is 22.2. The molecule has 0 saturated carbocycles. The molecule has 0 radical (unpaired) electrons. The third-order valence-electron chi connectivity index (χ3n) is 2.49. The van der Waals surface area contributed by atoms with Crippen LogP contribution in [0.2, 0.25) is 0 Å². The average molecular weight is 215 g/mol. The lowest BCUT2D eigenvalue weighted by Crippen LogP contribution is -2.25. The van der Waals surface area contributed by atoms with Crippen LogP contribution in [0, 0.1) is 0 Å². The van der Waals surface area contributed by atoms with E-state index in [1.54, 1.807) is 36.4 Å². The number of aliphatic hydroxyl groups is 1. The first-order valence-corrected chi connectivity index (χ1v) is 5.01. The second-order valence-electron chi connectivity index (χ2n) is 3.63. The predicted molar refractivity (Wildman–Crippen MR) is 63.9 cm³/mol. The highest BCUT2D eigenvalue weighted by atomic mass is 16.3. The van der Waals surface area contributed by atoms with Gasteiger partial charge in [-0.2, -0.15) is 0 Å². The van der Waals surface area contributed by atoms with E-state index in [9.17, 15) is 10.2 Å². The van der Waals surface area contributed by atoms with E-state index in [1.165, 1.54) is 0 Å². The van der Waals surface area contributed by atoms with Crippen molar-refractivity contribution in [2.45, 2.75) is 6.04 Å². The molecule has 0 fully saturated rings. The van der Waals surface area contributed by atoms with Crippen LogP contribution in [-0.2, 0) is 0 Å². The van der Waals surface area contributed by atoms with Crippen LogP contribution in [0.15, 0.2) is 53.8 Å². The molecular weight excluding hydrogens is 202 g/mol. The number of aromatic hydroxyl groups is 1. The number of para-hydroxylation sites is 1. The minimum atomic E-state index is -0.524. The number of rotatable bonds is 1. The first kappa shape index (κ1) is 10.5. The quantitative estimate of drug-likeness (QED) is 0.672. The van der Waals surface area contributed by atoms with Crippen LogP contribution in [-0.4, -0.2) is 16.3 Å². The topological polar surface area (TPSA) is 66.5 Å². The Hall–Kier alpha value is -2.00. The van der Waals surface area contributed by atoms with Gasteiger partial charge in [0.05, 0.1) is 6.04 Å². The van der Waals surface area contributed by atoms with Gasteiger partial charge in [0.15, 0.2) is 0 Å². The molecule has 1 unspecified atom stereocenters. The van der Waals surface area contributed by atoms with Crippen LogP contribution in [0.4, 0.5) is 0 Å². The molecule has 0 heterocycles. The zero-order valence-corrected chi connectivity index (χ0v) is 8.67. The lowest BCUT2D eigenvalue weighted by molar-refractivity contribution is 0.380. The molecular formula is C13H13NO2. The third-order valence-corrected chi connectivity index (χ3v) is 2.49. The molecule has 16 heavy (non-hydrogen) atoms. The van der Waals surface area contributed by atoms with E-state index in [-0.39, 0.29) is 11.5 Å². The van der Waals surface area contributed by atoms with Crippen LogP contribution in [0.1, 0.15) is 5.56 Å². The largest absolute Gasteiger partial charge is 0.510 e. The second kappa shape index (κ2) is 4.24. The van der Waals surface area contributed by atoms with Gasteiger partial charge in [0, 0.05) is 5.56 Å². The van der Waals surface area contributed by atoms with Gasteiger partial charge in [-0.1, -0.05) is 30.4 Å². The van der Waals surface area contributed by atoms with Gasteiger partial charge >= 0.3 is 0 Å². The first-order valence-electron chi connectivity index (χ1n) is 5.01. The van der Waals surface area contributed by atoms with Crippen molar-refractivity contribution in [3.63, 3.8) is 0 Å². The van der Waals surface area contributed by atoms with Gasteiger partial charge in [0.1, 0.15) is 11.5 Å². The van der Waals surface area contributed by atoms with E-state index in [2.05, 4.69) is 0 Å². The van der Waals surface area contributed by atoms with Crippen molar-refractivity contribution in [2.24, 2.45) is 5.73 Å². The average Bonchev–Trinajstić information content (AvgIpc) is 2.28. The van der Waals surface area contributed by atoms with Crippen LogP contribution in [0.3, 0.4) is 0 Å². The van der Waals surface area contributed by atoms with Crippen LogP contribution in [0.25, 0.3) is 6.08 Å². The summed E-state index contributed by atoms with van der Waals surface area (Å²) in [5.74, 6) is 0.328. The van der Waals surface area contributed by atoms with E-state index in [1.807, 2.05) is 12.1 Å². The molecule has 3 heteroatoms. The monoisotopic (exact) mass is 215 g/mol. The molecule has 0 amide bonds. The standard InChI is InChI=1S/C13H13NO2/c14-13-10(5-3-7-12(13)16)8-9-4-1-2-6-11(9)15/h1-8,13,15-16H,14H2/b10-8-. The van der Waals surface area contributed by atoms with Crippen LogP contribution < -0.4 is 5.73 Å². The van der Waals surface area contributed by atoms with Gasteiger partial charge in [-0.15, -0.1) is 0 Å². The Balaban J connectivity index is 2.36. The Labute approximate surface area is 93.8 Å². The number of hydrogen-bond acceptors (Lipinski definition) is 3. The number of benzene rings is 1. The van der Waals surface area contributed by atoms with Crippen molar-refractivity contribution in [2.75, 3.05) is 0 Å². The first-order chi connectivity index (χ1) is 7.68. The molecule has 0 aliphatic heterocycles. The molecule has 4 N–H and O–H groups in total. The summed E-state index contributed by atoms with van der Waals surface area (Å²) >= 11 is 0. The summed E-state index contributed by atoms with van der Waals surface area (Å²) in [4.78, 5) is 0. The number of aliphatic hydroxyl groups excluding tert-OH is 1. The van der Waals surface area contributed by atoms with Gasteiger partial charge in [0.25, 0.3) is 0 Å². The number of phenolic OH excluding ortho intramolecular Hbond substituents is 1. The molecule has 1 aliphatic carbocycles. The fourth-order valence-electron chi connectivity index (χ4n) is 1.56. The SMILES string of the molecule is NC1C(O)=CC=C/C1=C/c1ccccc1O.